The van der Waals surface area contributed by atoms with Gasteiger partial charge in [-0.2, -0.15) is 8.78 Å². The second kappa shape index (κ2) is 9.13. The van der Waals surface area contributed by atoms with E-state index in [1.54, 1.807) is 12.1 Å². The zero-order valence-corrected chi connectivity index (χ0v) is 14.3. The number of ether oxygens (including phenoxy) is 1. The average Bonchev–Trinajstić information content (AvgIpc) is 2.61. The van der Waals surface area contributed by atoms with Gasteiger partial charge < -0.3 is 15.4 Å². The number of carbonyl (C=O) groups excluding carboxylic acids is 1. The number of alkyl halides is 2. The Bertz CT molecular complexity index is 663. The van der Waals surface area contributed by atoms with Crippen LogP contribution in [0, 0.1) is 0 Å². The number of nitrogens with two attached hydrogens (primary N) is 1. The summed E-state index contributed by atoms with van der Waals surface area (Å²) in [5.41, 5.74) is 1.94. The fraction of sp³-hybridized carbons (Fsp3) is 0.316. The van der Waals surface area contributed by atoms with Crippen molar-refractivity contribution in [3.63, 3.8) is 0 Å². The first-order valence-electron chi connectivity index (χ1n) is 8.23. The molecule has 0 aliphatic heterocycles. The van der Waals surface area contributed by atoms with Crippen LogP contribution in [0.5, 0.6) is 5.75 Å². The molecule has 134 valence electrons. The van der Waals surface area contributed by atoms with Crippen LogP contribution in [0.2, 0.25) is 0 Å². The molecule has 0 aromatic heterocycles. The lowest BCUT2D eigenvalue weighted by Gasteiger charge is -2.21. The zero-order chi connectivity index (χ0) is 18.2. The van der Waals surface area contributed by atoms with E-state index in [0.717, 1.165) is 11.1 Å². The summed E-state index contributed by atoms with van der Waals surface area (Å²) < 4.78 is 29.0. The Kier molecular flexibility index (Phi) is 6.89. The smallest absolute Gasteiger partial charge is 0.387 e. The third-order valence-electron chi connectivity index (χ3n) is 3.87. The standard InChI is InChI=1S/C19H22F2N2O2/c1-3-22-18(24)13(2)23-17(14-7-5-4-6-8-14)15-9-11-16(12-10-15)25-19(20)21/h4-13,17,19,23H,3H2,1-2H3,(H,22,24)/p+1/t13-,17+/m0/s1. The van der Waals surface area contributed by atoms with Gasteiger partial charge in [-0.15, -0.1) is 0 Å². The fourth-order valence-corrected chi connectivity index (χ4v) is 2.64. The number of halogens is 2. The summed E-state index contributed by atoms with van der Waals surface area (Å²) in [5.74, 6) is 0.0726. The fourth-order valence-electron chi connectivity index (χ4n) is 2.64. The van der Waals surface area contributed by atoms with Gasteiger partial charge in [-0.1, -0.05) is 30.3 Å². The predicted molar refractivity (Wildman–Crippen MR) is 91.4 cm³/mol. The van der Waals surface area contributed by atoms with E-state index in [2.05, 4.69) is 10.1 Å². The number of likely N-dealkylation sites (N-methyl/N-ethyl adjacent to an activating group) is 1. The van der Waals surface area contributed by atoms with Crippen molar-refractivity contribution in [2.45, 2.75) is 32.5 Å². The number of benzene rings is 2. The van der Waals surface area contributed by atoms with Crippen molar-refractivity contribution in [1.82, 2.24) is 5.32 Å². The molecule has 0 saturated carbocycles. The third-order valence-corrected chi connectivity index (χ3v) is 3.87. The first kappa shape index (κ1) is 18.9. The Hall–Kier alpha value is -2.47. The number of rotatable bonds is 8. The molecule has 6 heteroatoms. The van der Waals surface area contributed by atoms with Gasteiger partial charge in [0, 0.05) is 17.7 Å². The minimum Gasteiger partial charge on any atom is -0.435 e. The van der Waals surface area contributed by atoms with Crippen LogP contribution in [0.3, 0.4) is 0 Å². The Balaban J connectivity index is 2.24. The van der Waals surface area contributed by atoms with Crippen LogP contribution in [0.15, 0.2) is 54.6 Å². The summed E-state index contributed by atoms with van der Waals surface area (Å²) in [6.45, 7) is 1.45. The number of nitrogens with one attached hydrogen (secondary N) is 1. The zero-order valence-electron chi connectivity index (χ0n) is 14.3. The molecule has 3 N–H and O–H groups in total. The van der Waals surface area contributed by atoms with Crippen molar-refractivity contribution in [2.24, 2.45) is 0 Å². The van der Waals surface area contributed by atoms with Gasteiger partial charge in [0.25, 0.3) is 5.91 Å². The van der Waals surface area contributed by atoms with Crippen molar-refractivity contribution < 1.29 is 23.6 Å². The molecule has 25 heavy (non-hydrogen) atoms. The van der Waals surface area contributed by atoms with Crippen molar-refractivity contribution in [3.8, 4) is 5.75 Å². The van der Waals surface area contributed by atoms with E-state index in [1.807, 2.05) is 49.5 Å². The molecule has 2 atom stereocenters. The van der Waals surface area contributed by atoms with E-state index in [4.69, 9.17) is 0 Å². The van der Waals surface area contributed by atoms with E-state index in [0.29, 0.717) is 6.54 Å². The molecule has 0 unspecified atom stereocenters. The Morgan fingerprint density at radius 1 is 1.08 bits per heavy atom. The molecule has 2 aromatic rings. The summed E-state index contributed by atoms with van der Waals surface area (Å²) >= 11 is 0. The first-order chi connectivity index (χ1) is 12.0. The van der Waals surface area contributed by atoms with Gasteiger partial charge >= 0.3 is 6.61 Å². The molecule has 0 fully saturated rings. The number of carbonyl (C=O) groups is 1. The minimum atomic E-state index is -2.85. The number of hydrogen-bond donors (Lipinski definition) is 2. The molecule has 0 spiro atoms. The summed E-state index contributed by atoms with van der Waals surface area (Å²) in [4.78, 5) is 12.1. The second-order valence-corrected chi connectivity index (χ2v) is 5.71. The van der Waals surface area contributed by atoms with Crippen LogP contribution in [-0.4, -0.2) is 25.1 Å². The number of amides is 1. The molecule has 2 rings (SSSR count). The summed E-state index contributed by atoms with van der Waals surface area (Å²) in [7, 11) is 0. The lowest BCUT2D eigenvalue weighted by atomic mass is 9.97. The Morgan fingerprint density at radius 3 is 2.24 bits per heavy atom. The van der Waals surface area contributed by atoms with Crippen LogP contribution in [-0.2, 0) is 4.79 Å². The molecule has 0 bridgehead atoms. The highest BCUT2D eigenvalue weighted by Gasteiger charge is 2.24. The van der Waals surface area contributed by atoms with Crippen LogP contribution in [0.4, 0.5) is 8.78 Å². The molecule has 0 radical (unpaired) electrons. The van der Waals surface area contributed by atoms with Gasteiger partial charge in [-0.3, -0.25) is 4.79 Å². The lowest BCUT2D eigenvalue weighted by Crippen LogP contribution is -2.92. The van der Waals surface area contributed by atoms with Crippen LogP contribution < -0.4 is 15.4 Å². The van der Waals surface area contributed by atoms with Crippen molar-refractivity contribution >= 4 is 5.91 Å². The molecule has 4 nitrogen and oxygen atoms in total. The van der Waals surface area contributed by atoms with Gasteiger partial charge in [0.2, 0.25) is 0 Å². The van der Waals surface area contributed by atoms with Crippen molar-refractivity contribution in [2.75, 3.05) is 6.54 Å². The highest BCUT2D eigenvalue weighted by Crippen LogP contribution is 2.22. The molecular formula is C19H23F2N2O2+. The van der Waals surface area contributed by atoms with Crippen molar-refractivity contribution in [3.05, 3.63) is 65.7 Å². The molecular weight excluding hydrogens is 326 g/mol. The largest absolute Gasteiger partial charge is 0.435 e. The average molecular weight is 349 g/mol. The van der Waals surface area contributed by atoms with E-state index in [1.165, 1.54) is 12.1 Å². The molecule has 0 heterocycles. The topological polar surface area (TPSA) is 54.9 Å². The van der Waals surface area contributed by atoms with Gasteiger partial charge in [-0.05, 0) is 38.1 Å². The molecule has 0 aliphatic carbocycles. The Labute approximate surface area is 146 Å². The molecule has 2 aromatic carbocycles. The van der Waals surface area contributed by atoms with Gasteiger partial charge in [0.1, 0.15) is 11.8 Å². The van der Waals surface area contributed by atoms with Crippen molar-refractivity contribution in [1.29, 1.82) is 0 Å². The molecule has 0 aliphatic rings. The van der Waals surface area contributed by atoms with E-state index >= 15 is 0 Å². The van der Waals surface area contributed by atoms with E-state index < -0.39 is 6.61 Å². The maximum absolute atomic E-state index is 12.3. The third kappa shape index (κ3) is 5.53. The monoisotopic (exact) mass is 349 g/mol. The maximum atomic E-state index is 12.3. The SMILES string of the molecule is CCNC(=O)[C@H](C)[NH2+][C@H](c1ccccc1)c1ccc(OC(F)F)cc1. The van der Waals surface area contributed by atoms with Gasteiger partial charge in [-0.25, -0.2) is 0 Å². The quantitative estimate of drug-likeness (QED) is 0.769. The minimum absolute atomic E-state index is 0.0407. The number of quaternary nitrogens is 1. The van der Waals surface area contributed by atoms with Crippen LogP contribution in [0.1, 0.15) is 31.0 Å². The lowest BCUT2D eigenvalue weighted by molar-refractivity contribution is -0.704. The number of hydrogen-bond acceptors (Lipinski definition) is 2. The second-order valence-electron chi connectivity index (χ2n) is 5.71. The predicted octanol–water partition coefficient (Wildman–Crippen LogP) is 2.47. The molecule has 1 amide bonds. The van der Waals surface area contributed by atoms with Crippen LogP contribution in [0.25, 0.3) is 0 Å². The Morgan fingerprint density at radius 2 is 1.68 bits per heavy atom. The highest BCUT2D eigenvalue weighted by molar-refractivity contribution is 5.79. The van der Waals surface area contributed by atoms with Crippen LogP contribution >= 0.6 is 0 Å². The summed E-state index contributed by atoms with van der Waals surface area (Å²) in [6, 6.07) is 15.9. The molecule has 0 saturated heterocycles. The normalized spacial score (nSPS) is 13.3. The van der Waals surface area contributed by atoms with Gasteiger partial charge in [0.05, 0.1) is 0 Å². The van der Waals surface area contributed by atoms with Gasteiger partial charge in [0.15, 0.2) is 6.04 Å². The highest BCUT2D eigenvalue weighted by atomic mass is 19.3. The van der Waals surface area contributed by atoms with E-state index in [-0.39, 0.29) is 23.7 Å². The summed E-state index contributed by atoms with van der Waals surface area (Å²) in [6.07, 6.45) is 0. The maximum Gasteiger partial charge on any atom is 0.387 e. The van der Waals surface area contributed by atoms with E-state index in [9.17, 15) is 13.6 Å². The first-order valence-corrected chi connectivity index (χ1v) is 8.23. The summed E-state index contributed by atoms with van der Waals surface area (Å²) in [5, 5.41) is 4.77.